The molecule has 0 saturated heterocycles. The molecule has 0 fully saturated rings. The van der Waals surface area contributed by atoms with Crippen LogP contribution in [0.2, 0.25) is 0 Å². The predicted octanol–water partition coefficient (Wildman–Crippen LogP) is 3.85. The van der Waals surface area contributed by atoms with Crippen molar-refractivity contribution in [3.8, 4) is 11.5 Å². The molecule has 1 heterocycles. The van der Waals surface area contributed by atoms with E-state index in [-0.39, 0.29) is 18.9 Å². The van der Waals surface area contributed by atoms with Crippen molar-refractivity contribution in [1.29, 1.82) is 0 Å². The van der Waals surface area contributed by atoms with Crippen molar-refractivity contribution in [1.82, 2.24) is 15.0 Å². The van der Waals surface area contributed by atoms with Gasteiger partial charge >= 0.3 is 5.97 Å². The average molecular weight is 446 g/mol. The van der Waals surface area contributed by atoms with Crippen LogP contribution in [0, 0.1) is 0 Å². The molecule has 2 aromatic carbocycles. The molecule has 0 atom stereocenters. The van der Waals surface area contributed by atoms with Crippen LogP contribution in [0.3, 0.4) is 0 Å². The molecule has 146 valence electrons. The normalized spacial score (nSPS) is 10.5. The Morgan fingerprint density at radius 2 is 1.75 bits per heavy atom. The van der Waals surface area contributed by atoms with Crippen LogP contribution in [-0.4, -0.2) is 34.7 Å². The molecule has 0 aliphatic rings. The van der Waals surface area contributed by atoms with E-state index in [0.29, 0.717) is 18.0 Å². The lowest BCUT2D eigenvalue weighted by Crippen LogP contribution is -2.14. The number of hydrogen-bond donors (Lipinski definition) is 0. The van der Waals surface area contributed by atoms with Gasteiger partial charge in [-0.1, -0.05) is 33.3 Å². The van der Waals surface area contributed by atoms with E-state index in [9.17, 15) is 4.79 Å². The van der Waals surface area contributed by atoms with Crippen LogP contribution in [0.15, 0.2) is 53.0 Å². The second-order valence-electron chi connectivity index (χ2n) is 5.85. The Morgan fingerprint density at radius 3 is 2.39 bits per heavy atom. The van der Waals surface area contributed by atoms with Gasteiger partial charge in [-0.2, -0.15) is 0 Å². The summed E-state index contributed by atoms with van der Waals surface area (Å²) >= 11 is 3.39. The molecule has 3 aromatic rings. The number of carbonyl (C=O) groups excluding carboxylic acids is 1. The van der Waals surface area contributed by atoms with Crippen LogP contribution in [0.1, 0.15) is 28.7 Å². The molecule has 0 aliphatic carbocycles. The van der Waals surface area contributed by atoms with Gasteiger partial charge in [0.15, 0.2) is 5.69 Å². The predicted molar refractivity (Wildman–Crippen MR) is 107 cm³/mol. The number of carbonyl (C=O) groups is 1. The SMILES string of the molecule is CCOC(=O)c1nnn(Cc2ccc(OC)cc2)c1COc1ccc(Br)cc1. The molecule has 0 radical (unpaired) electrons. The van der Waals surface area contributed by atoms with Crippen LogP contribution >= 0.6 is 15.9 Å². The molecule has 3 rings (SSSR count). The Labute approximate surface area is 171 Å². The standard InChI is InChI=1S/C20H20BrN3O4/c1-3-27-20(25)19-18(13-28-17-10-6-15(21)7-11-17)24(23-22-19)12-14-4-8-16(26-2)9-5-14/h4-11H,3,12-13H2,1-2H3. The van der Waals surface area contributed by atoms with E-state index in [1.165, 1.54) is 0 Å². The highest BCUT2D eigenvalue weighted by atomic mass is 79.9. The van der Waals surface area contributed by atoms with Crippen molar-refractivity contribution in [2.24, 2.45) is 0 Å². The van der Waals surface area contributed by atoms with Gasteiger partial charge in [0.25, 0.3) is 0 Å². The fourth-order valence-electron chi connectivity index (χ4n) is 2.55. The maximum absolute atomic E-state index is 12.3. The monoisotopic (exact) mass is 445 g/mol. The number of rotatable bonds is 8. The Morgan fingerprint density at radius 1 is 1.07 bits per heavy atom. The quantitative estimate of drug-likeness (QED) is 0.490. The summed E-state index contributed by atoms with van der Waals surface area (Å²) in [6, 6.07) is 15.1. The minimum atomic E-state index is -0.516. The molecule has 0 spiro atoms. The molecule has 0 amide bonds. The fraction of sp³-hybridized carbons (Fsp3) is 0.250. The zero-order valence-corrected chi connectivity index (χ0v) is 17.2. The number of ether oxygens (including phenoxy) is 3. The Kier molecular flexibility index (Phi) is 6.65. The largest absolute Gasteiger partial charge is 0.497 e. The lowest BCUT2D eigenvalue weighted by Gasteiger charge is -2.10. The van der Waals surface area contributed by atoms with Crippen molar-refractivity contribution < 1.29 is 19.0 Å². The average Bonchev–Trinajstić information content (AvgIpc) is 3.11. The molecular formula is C20H20BrN3O4. The Bertz CT molecular complexity index is 924. The van der Waals surface area contributed by atoms with E-state index in [1.54, 1.807) is 18.7 Å². The van der Waals surface area contributed by atoms with Crippen LogP contribution in [0.25, 0.3) is 0 Å². The zero-order valence-electron chi connectivity index (χ0n) is 15.6. The summed E-state index contributed by atoms with van der Waals surface area (Å²) in [5, 5.41) is 8.15. The third-order valence-corrected chi connectivity index (χ3v) is 4.52. The number of nitrogens with zero attached hydrogens (tertiary/aromatic N) is 3. The van der Waals surface area contributed by atoms with Crippen molar-refractivity contribution in [3.63, 3.8) is 0 Å². The summed E-state index contributed by atoms with van der Waals surface area (Å²) < 4.78 is 18.7. The van der Waals surface area contributed by atoms with Gasteiger partial charge in [-0.05, 0) is 48.9 Å². The Hall–Kier alpha value is -2.87. The third kappa shape index (κ3) is 4.89. The molecule has 7 nitrogen and oxygen atoms in total. The first kappa shape index (κ1) is 19.9. The van der Waals surface area contributed by atoms with Crippen molar-refractivity contribution in [2.45, 2.75) is 20.1 Å². The van der Waals surface area contributed by atoms with Crippen molar-refractivity contribution >= 4 is 21.9 Å². The molecule has 1 aromatic heterocycles. The third-order valence-electron chi connectivity index (χ3n) is 3.99. The van der Waals surface area contributed by atoms with Gasteiger partial charge in [0.05, 0.1) is 20.3 Å². The maximum atomic E-state index is 12.3. The van der Waals surface area contributed by atoms with Gasteiger partial charge in [0.1, 0.15) is 23.8 Å². The van der Waals surface area contributed by atoms with E-state index < -0.39 is 5.97 Å². The topological polar surface area (TPSA) is 75.5 Å². The summed E-state index contributed by atoms with van der Waals surface area (Å²) in [5.74, 6) is 0.932. The zero-order chi connectivity index (χ0) is 19.9. The van der Waals surface area contributed by atoms with Gasteiger partial charge in [-0.3, -0.25) is 0 Å². The van der Waals surface area contributed by atoms with Crippen molar-refractivity contribution in [3.05, 3.63) is 70.0 Å². The van der Waals surface area contributed by atoms with Gasteiger partial charge < -0.3 is 14.2 Å². The van der Waals surface area contributed by atoms with Crippen LogP contribution < -0.4 is 9.47 Å². The van der Waals surface area contributed by atoms with E-state index in [0.717, 1.165) is 15.8 Å². The number of methoxy groups -OCH3 is 1. The molecule has 0 bridgehead atoms. The number of aromatic nitrogens is 3. The van der Waals surface area contributed by atoms with E-state index in [1.807, 2.05) is 48.5 Å². The first-order valence-corrected chi connectivity index (χ1v) is 9.50. The lowest BCUT2D eigenvalue weighted by atomic mass is 10.2. The molecule has 0 N–H and O–H groups in total. The lowest BCUT2D eigenvalue weighted by molar-refractivity contribution is 0.0516. The number of hydrogen-bond acceptors (Lipinski definition) is 6. The number of halogens is 1. The number of esters is 1. The highest BCUT2D eigenvalue weighted by molar-refractivity contribution is 9.10. The second-order valence-corrected chi connectivity index (χ2v) is 6.77. The van der Waals surface area contributed by atoms with Crippen LogP contribution in [0.5, 0.6) is 11.5 Å². The molecule has 8 heteroatoms. The summed E-state index contributed by atoms with van der Waals surface area (Å²) in [6.07, 6.45) is 0. The van der Waals surface area contributed by atoms with Gasteiger partial charge in [0, 0.05) is 4.47 Å². The molecule has 0 saturated carbocycles. The summed E-state index contributed by atoms with van der Waals surface area (Å²) in [6.45, 7) is 2.59. The highest BCUT2D eigenvalue weighted by Gasteiger charge is 2.21. The molecule has 0 aliphatic heterocycles. The summed E-state index contributed by atoms with van der Waals surface area (Å²) in [4.78, 5) is 12.3. The summed E-state index contributed by atoms with van der Waals surface area (Å²) in [5.41, 5.74) is 1.70. The van der Waals surface area contributed by atoms with Gasteiger partial charge in [-0.25, -0.2) is 9.48 Å². The first-order valence-electron chi connectivity index (χ1n) is 8.71. The van der Waals surface area contributed by atoms with Gasteiger partial charge in [-0.15, -0.1) is 5.10 Å². The smallest absolute Gasteiger partial charge is 0.360 e. The maximum Gasteiger partial charge on any atom is 0.360 e. The molecular weight excluding hydrogens is 426 g/mol. The van der Waals surface area contributed by atoms with E-state index >= 15 is 0 Å². The van der Waals surface area contributed by atoms with E-state index in [4.69, 9.17) is 14.2 Å². The fourth-order valence-corrected chi connectivity index (χ4v) is 2.81. The van der Waals surface area contributed by atoms with Crippen LogP contribution in [0.4, 0.5) is 0 Å². The molecule has 0 unspecified atom stereocenters. The van der Waals surface area contributed by atoms with Gasteiger partial charge in [0.2, 0.25) is 0 Å². The molecule has 28 heavy (non-hydrogen) atoms. The van der Waals surface area contributed by atoms with E-state index in [2.05, 4.69) is 26.2 Å². The van der Waals surface area contributed by atoms with Crippen LogP contribution in [-0.2, 0) is 17.9 Å². The minimum Gasteiger partial charge on any atom is -0.497 e. The number of benzene rings is 2. The van der Waals surface area contributed by atoms with Crippen molar-refractivity contribution in [2.75, 3.05) is 13.7 Å². The first-order chi connectivity index (χ1) is 13.6. The highest BCUT2D eigenvalue weighted by Crippen LogP contribution is 2.19. The Balaban J connectivity index is 1.83. The second kappa shape index (κ2) is 9.36. The minimum absolute atomic E-state index is 0.138. The summed E-state index contributed by atoms with van der Waals surface area (Å²) in [7, 11) is 1.62.